The highest BCUT2D eigenvalue weighted by Crippen LogP contribution is 2.31. The molecule has 4 rings (SSSR count). The predicted octanol–water partition coefficient (Wildman–Crippen LogP) is 1.30. The van der Waals surface area contributed by atoms with Gasteiger partial charge in [0.2, 0.25) is 12.0 Å². The molecule has 1 saturated carbocycles. The van der Waals surface area contributed by atoms with E-state index < -0.39 is 6.10 Å². The number of para-hydroxylation sites is 2. The first-order valence-corrected chi connectivity index (χ1v) is 8.68. The van der Waals surface area contributed by atoms with Crippen LogP contribution in [0, 0.1) is 5.92 Å². The lowest BCUT2D eigenvalue weighted by molar-refractivity contribution is -0.148. The fourth-order valence-corrected chi connectivity index (χ4v) is 3.41. The van der Waals surface area contributed by atoms with Crippen molar-refractivity contribution in [2.75, 3.05) is 32.8 Å². The van der Waals surface area contributed by atoms with Gasteiger partial charge in [-0.2, -0.15) is 0 Å². The zero-order chi connectivity index (χ0) is 16.5. The summed E-state index contributed by atoms with van der Waals surface area (Å²) in [6.45, 7) is 2.60. The lowest BCUT2D eigenvalue weighted by Gasteiger charge is -2.39. The molecule has 24 heavy (non-hydrogen) atoms. The van der Waals surface area contributed by atoms with E-state index in [0.717, 1.165) is 19.3 Å². The number of carbonyl (C=O) groups is 2. The summed E-state index contributed by atoms with van der Waals surface area (Å²) < 4.78 is 11.4. The van der Waals surface area contributed by atoms with Crippen molar-refractivity contribution in [3.63, 3.8) is 0 Å². The first-order valence-electron chi connectivity index (χ1n) is 8.68. The maximum absolute atomic E-state index is 12.7. The highest BCUT2D eigenvalue weighted by molar-refractivity contribution is 5.83. The Morgan fingerprint density at radius 3 is 2.17 bits per heavy atom. The third-order valence-corrected chi connectivity index (χ3v) is 5.14. The van der Waals surface area contributed by atoms with Crippen molar-refractivity contribution in [2.24, 2.45) is 5.92 Å². The first-order chi connectivity index (χ1) is 11.7. The quantitative estimate of drug-likeness (QED) is 0.820. The lowest BCUT2D eigenvalue weighted by atomic mass is 9.84. The van der Waals surface area contributed by atoms with Crippen molar-refractivity contribution in [1.82, 2.24) is 9.80 Å². The van der Waals surface area contributed by atoms with Gasteiger partial charge >= 0.3 is 0 Å². The second-order valence-electron chi connectivity index (χ2n) is 6.64. The van der Waals surface area contributed by atoms with Gasteiger partial charge in [0.1, 0.15) is 6.61 Å². The smallest absolute Gasteiger partial charge is 0.267 e. The van der Waals surface area contributed by atoms with Gasteiger partial charge < -0.3 is 19.3 Å². The van der Waals surface area contributed by atoms with E-state index in [1.807, 2.05) is 29.2 Å². The Balaban J connectivity index is 1.33. The van der Waals surface area contributed by atoms with E-state index in [0.29, 0.717) is 37.7 Å². The van der Waals surface area contributed by atoms with Crippen molar-refractivity contribution in [1.29, 1.82) is 0 Å². The van der Waals surface area contributed by atoms with Crippen molar-refractivity contribution in [3.05, 3.63) is 24.3 Å². The third-order valence-electron chi connectivity index (χ3n) is 5.14. The standard InChI is InChI=1S/C18H22N2O4/c21-17(13-4-3-5-13)19-8-10-20(11-9-19)18(22)16-12-23-14-6-1-2-7-15(14)24-16/h1-2,6-7,13,16H,3-5,8-12H2. The van der Waals surface area contributed by atoms with Gasteiger partial charge in [0.05, 0.1) is 0 Å². The molecule has 2 aliphatic heterocycles. The first kappa shape index (κ1) is 15.3. The molecule has 1 unspecified atom stereocenters. The number of amides is 2. The van der Waals surface area contributed by atoms with Gasteiger partial charge in [0, 0.05) is 32.1 Å². The molecule has 128 valence electrons. The van der Waals surface area contributed by atoms with Gasteiger partial charge in [-0.25, -0.2) is 0 Å². The van der Waals surface area contributed by atoms with Crippen molar-refractivity contribution in [2.45, 2.75) is 25.4 Å². The number of fused-ring (bicyclic) bond motifs is 1. The van der Waals surface area contributed by atoms with Gasteiger partial charge in [0.25, 0.3) is 5.91 Å². The van der Waals surface area contributed by atoms with Gasteiger partial charge in [0.15, 0.2) is 11.5 Å². The van der Waals surface area contributed by atoms with Crippen LogP contribution in [0.5, 0.6) is 11.5 Å². The Morgan fingerprint density at radius 1 is 0.917 bits per heavy atom. The maximum Gasteiger partial charge on any atom is 0.267 e. The van der Waals surface area contributed by atoms with Crippen LogP contribution in [0.2, 0.25) is 0 Å². The summed E-state index contributed by atoms with van der Waals surface area (Å²) >= 11 is 0. The van der Waals surface area contributed by atoms with Crippen LogP contribution in [0.1, 0.15) is 19.3 Å². The Morgan fingerprint density at radius 2 is 1.54 bits per heavy atom. The summed E-state index contributed by atoms with van der Waals surface area (Å²) in [4.78, 5) is 28.6. The minimum atomic E-state index is -0.603. The molecule has 0 N–H and O–H groups in total. The number of nitrogens with zero attached hydrogens (tertiary/aromatic N) is 2. The van der Waals surface area contributed by atoms with E-state index in [4.69, 9.17) is 9.47 Å². The molecule has 1 aliphatic carbocycles. The third kappa shape index (κ3) is 2.81. The topological polar surface area (TPSA) is 59.1 Å². The van der Waals surface area contributed by atoms with Crippen LogP contribution >= 0.6 is 0 Å². The average Bonchev–Trinajstić information content (AvgIpc) is 2.59. The predicted molar refractivity (Wildman–Crippen MR) is 86.9 cm³/mol. The molecule has 2 amide bonds. The number of rotatable bonds is 2. The molecule has 0 spiro atoms. The van der Waals surface area contributed by atoms with Gasteiger partial charge in [-0.15, -0.1) is 0 Å². The van der Waals surface area contributed by atoms with E-state index >= 15 is 0 Å². The molecule has 1 saturated heterocycles. The highest BCUT2D eigenvalue weighted by atomic mass is 16.6. The molecular formula is C18H22N2O4. The molecule has 3 aliphatic rings. The minimum Gasteiger partial charge on any atom is -0.485 e. The molecule has 1 atom stereocenters. The molecule has 1 aromatic carbocycles. The lowest BCUT2D eigenvalue weighted by Crippen LogP contribution is -2.56. The second kappa shape index (κ2) is 6.34. The molecule has 6 heteroatoms. The SMILES string of the molecule is O=C(C1CCC1)N1CCN(C(=O)C2COc3ccccc3O2)CC1. The molecule has 1 aromatic rings. The zero-order valence-corrected chi connectivity index (χ0v) is 13.6. The van der Waals surface area contributed by atoms with Gasteiger partial charge in [-0.3, -0.25) is 9.59 Å². The molecular weight excluding hydrogens is 308 g/mol. The van der Waals surface area contributed by atoms with Crippen molar-refractivity contribution >= 4 is 11.8 Å². The van der Waals surface area contributed by atoms with Crippen molar-refractivity contribution in [3.8, 4) is 11.5 Å². The Kier molecular flexibility index (Phi) is 4.04. The maximum atomic E-state index is 12.7. The summed E-state index contributed by atoms with van der Waals surface area (Å²) in [7, 11) is 0. The molecule has 2 heterocycles. The van der Waals surface area contributed by atoms with E-state index in [9.17, 15) is 9.59 Å². The zero-order valence-electron chi connectivity index (χ0n) is 13.6. The summed E-state index contributed by atoms with van der Waals surface area (Å²) in [5, 5.41) is 0. The summed E-state index contributed by atoms with van der Waals surface area (Å²) in [5.74, 6) is 1.72. The number of hydrogen-bond donors (Lipinski definition) is 0. The molecule has 0 aromatic heterocycles. The summed E-state index contributed by atoms with van der Waals surface area (Å²) in [6, 6.07) is 7.38. The van der Waals surface area contributed by atoms with Crippen LogP contribution in [0.3, 0.4) is 0 Å². The Labute approximate surface area is 141 Å². The largest absolute Gasteiger partial charge is 0.485 e. The van der Waals surface area contributed by atoms with E-state index in [1.165, 1.54) is 0 Å². The van der Waals surface area contributed by atoms with Crippen LogP contribution in [0.25, 0.3) is 0 Å². The van der Waals surface area contributed by atoms with Crippen LogP contribution in [-0.2, 0) is 9.59 Å². The normalized spacial score (nSPS) is 23.6. The van der Waals surface area contributed by atoms with Crippen molar-refractivity contribution < 1.29 is 19.1 Å². The summed E-state index contributed by atoms with van der Waals surface area (Å²) in [6.07, 6.45) is 2.60. The second-order valence-corrected chi connectivity index (χ2v) is 6.64. The van der Waals surface area contributed by atoms with Crippen LogP contribution in [-0.4, -0.2) is 60.5 Å². The van der Waals surface area contributed by atoms with Crippen LogP contribution in [0.4, 0.5) is 0 Å². The fraction of sp³-hybridized carbons (Fsp3) is 0.556. The van der Waals surface area contributed by atoms with E-state index in [2.05, 4.69) is 0 Å². The number of piperazine rings is 1. The number of hydrogen-bond acceptors (Lipinski definition) is 4. The number of ether oxygens (including phenoxy) is 2. The summed E-state index contributed by atoms with van der Waals surface area (Å²) in [5.41, 5.74) is 0. The number of benzene rings is 1. The molecule has 0 bridgehead atoms. The van der Waals surface area contributed by atoms with Gasteiger partial charge in [-0.1, -0.05) is 18.6 Å². The monoisotopic (exact) mass is 330 g/mol. The van der Waals surface area contributed by atoms with E-state index in [1.54, 1.807) is 4.90 Å². The molecule has 2 fully saturated rings. The molecule has 0 radical (unpaired) electrons. The molecule has 6 nitrogen and oxygen atoms in total. The average molecular weight is 330 g/mol. The fourth-order valence-electron chi connectivity index (χ4n) is 3.41. The van der Waals surface area contributed by atoms with Crippen LogP contribution in [0.15, 0.2) is 24.3 Å². The highest BCUT2D eigenvalue weighted by Gasteiger charge is 2.35. The Bertz CT molecular complexity index is 636. The van der Waals surface area contributed by atoms with Crippen LogP contribution < -0.4 is 9.47 Å². The minimum absolute atomic E-state index is 0.0553. The Hall–Kier alpha value is -2.24. The number of carbonyl (C=O) groups excluding carboxylic acids is 2. The van der Waals surface area contributed by atoms with Gasteiger partial charge in [-0.05, 0) is 25.0 Å². The van der Waals surface area contributed by atoms with E-state index in [-0.39, 0.29) is 24.3 Å².